The van der Waals surface area contributed by atoms with Crippen LogP contribution in [0, 0.1) is 0 Å². The molecule has 1 fully saturated rings. The van der Waals surface area contributed by atoms with Crippen molar-refractivity contribution in [3.63, 3.8) is 0 Å². The van der Waals surface area contributed by atoms with Crippen molar-refractivity contribution in [3.05, 3.63) is 29.8 Å². The van der Waals surface area contributed by atoms with E-state index in [-0.39, 0.29) is 12.6 Å². The molecule has 2 unspecified atom stereocenters. The van der Waals surface area contributed by atoms with Crippen molar-refractivity contribution in [2.75, 3.05) is 37.6 Å². The molecule has 0 spiro atoms. The van der Waals surface area contributed by atoms with Crippen LogP contribution in [0.15, 0.2) is 24.3 Å². The Kier molecular flexibility index (Phi) is 8.36. The van der Waals surface area contributed by atoms with Crippen LogP contribution in [0.3, 0.4) is 0 Å². The summed E-state index contributed by atoms with van der Waals surface area (Å²) < 4.78 is 10.5. The summed E-state index contributed by atoms with van der Waals surface area (Å²) in [6.45, 7) is 13.1. The van der Waals surface area contributed by atoms with Gasteiger partial charge in [-0.2, -0.15) is 0 Å². The quantitative estimate of drug-likeness (QED) is 0.631. The average Bonchev–Trinajstić information content (AvgIpc) is 2.69. The molecule has 32 heavy (non-hydrogen) atoms. The van der Waals surface area contributed by atoms with Crippen LogP contribution in [0.1, 0.15) is 53.2 Å². The van der Waals surface area contributed by atoms with Crippen molar-refractivity contribution in [1.29, 1.82) is 0 Å². The van der Waals surface area contributed by atoms with E-state index in [4.69, 9.17) is 9.47 Å². The molecular formula is C23H37N3O6. The molecule has 180 valence electrons. The molecule has 0 aromatic heterocycles. The van der Waals surface area contributed by atoms with E-state index in [0.717, 1.165) is 5.69 Å². The number of rotatable bonds is 5. The lowest BCUT2D eigenvalue weighted by atomic mass is 10.0. The molecule has 0 aliphatic carbocycles. The number of hydrogen-bond acceptors (Lipinski definition) is 7. The second-order valence-corrected chi connectivity index (χ2v) is 9.94. The number of benzene rings is 1. The number of ether oxygens (including phenoxy) is 2. The Bertz CT molecular complexity index is 740. The highest BCUT2D eigenvalue weighted by molar-refractivity contribution is 5.69. The monoisotopic (exact) mass is 451 g/mol. The van der Waals surface area contributed by atoms with Gasteiger partial charge in [-0.1, -0.05) is 12.1 Å². The molecule has 3 N–H and O–H groups in total. The highest BCUT2D eigenvalue weighted by Crippen LogP contribution is 2.23. The summed E-state index contributed by atoms with van der Waals surface area (Å²) >= 11 is 0. The molecule has 1 aliphatic rings. The van der Waals surface area contributed by atoms with E-state index in [2.05, 4.69) is 10.2 Å². The van der Waals surface area contributed by atoms with Gasteiger partial charge in [-0.25, -0.2) is 9.59 Å². The second-order valence-electron chi connectivity index (χ2n) is 9.94. The Hall–Kier alpha value is -2.52. The normalized spacial score (nSPS) is 16.9. The molecule has 0 saturated carbocycles. The molecule has 1 aromatic carbocycles. The topological polar surface area (TPSA) is 112 Å². The van der Waals surface area contributed by atoms with Crippen LogP contribution in [-0.2, 0) is 9.47 Å². The lowest BCUT2D eigenvalue weighted by Crippen LogP contribution is -2.50. The fourth-order valence-corrected chi connectivity index (χ4v) is 3.19. The zero-order chi connectivity index (χ0) is 24.1. The maximum Gasteiger partial charge on any atom is 0.410 e. The number of piperazine rings is 1. The van der Waals surface area contributed by atoms with Gasteiger partial charge in [0.05, 0.1) is 0 Å². The third-order valence-corrected chi connectivity index (χ3v) is 4.75. The van der Waals surface area contributed by atoms with E-state index in [1.54, 1.807) is 37.8 Å². The lowest BCUT2D eigenvalue weighted by Gasteiger charge is -2.36. The van der Waals surface area contributed by atoms with Crippen LogP contribution in [0.25, 0.3) is 0 Å². The smallest absolute Gasteiger partial charge is 0.410 e. The predicted octanol–water partition coefficient (Wildman–Crippen LogP) is 2.66. The fraction of sp³-hybridized carbons (Fsp3) is 0.652. The summed E-state index contributed by atoms with van der Waals surface area (Å²) in [5.74, 6) is 0. The number of aliphatic hydroxyl groups is 2. The van der Waals surface area contributed by atoms with Crippen LogP contribution in [0.5, 0.6) is 0 Å². The Morgan fingerprint density at radius 3 is 1.97 bits per heavy atom. The Balaban J connectivity index is 1.85. The minimum Gasteiger partial charge on any atom is -0.444 e. The number of carbonyl (C=O) groups is 2. The first-order valence-corrected chi connectivity index (χ1v) is 10.9. The van der Waals surface area contributed by atoms with Crippen LogP contribution in [0.2, 0.25) is 0 Å². The second kappa shape index (κ2) is 10.4. The van der Waals surface area contributed by atoms with Gasteiger partial charge in [0, 0.05) is 38.4 Å². The Morgan fingerprint density at radius 2 is 1.47 bits per heavy atom. The van der Waals surface area contributed by atoms with Gasteiger partial charge in [0.2, 0.25) is 0 Å². The van der Waals surface area contributed by atoms with Crippen molar-refractivity contribution >= 4 is 17.9 Å². The van der Waals surface area contributed by atoms with Gasteiger partial charge >= 0.3 is 12.2 Å². The number of amides is 2. The molecule has 0 radical (unpaired) electrons. The van der Waals surface area contributed by atoms with Crippen molar-refractivity contribution in [1.82, 2.24) is 10.2 Å². The first-order valence-electron chi connectivity index (χ1n) is 10.9. The summed E-state index contributed by atoms with van der Waals surface area (Å²) in [6.07, 6.45) is -3.28. The van der Waals surface area contributed by atoms with Gasteiger partial charge in [-0.05, 0) is 59.2 Å². The number of anilines is 1. The highest BCUT2D eigenvalue weighted by Gasteiger charge is 2.26. The molecule has 2 amide bonds. The van der Waals surface area contributed by atoms with Crippen LogP contribution >= 0.6 is 0 Å². The molecule has 1 aromatic rings. The van der Waals surface area contributed by atoms with E-state index in [1.165, 1.54) is 0 Å². The number of carbonyl (C=O) groups excluding carboxylic acids is 2. The van der Waals surface area contributed by atoms with E-state index in [0.29, 0.717) is 31.7 Å². The lowest BCUT2D eigenvalue weighted by molar-refractivity contribution is 0.0129. The van der Waals surface area contributed by atoms with Crippen molar-refractivity contribution in [2.45, 2.75) is 65.0 Å². The van der Waals surface area contributed by atoms with E-state index >= 15 is 0 Å². The summed E-state index contributed by atoms with van der Waals surface area (Å²) in [4.78, 5) is 27.8. The van der Waals surface area contributed by atoms with Crippen molar-refractivity contribution < 1.29 is 29.3 Å². The van der Waals surface area contributed by atoms with E-state index in [1.807, 2.05) is 32.9 Å². The summed E-state index contributed by atoms with van der Waals surface area (Å²) in [7, 11) is 0. The zero-order valence-electron chi connectivity index (χ0n) is 19.9. The van der Waals surface area contributed by atoms with Gasteiger partial charge < -0.3 is 34.8 Å². The number of nitrogens with zero attached hydrogens (tertiary/aromatic N) is 2. The van der Waals surface area contributed by atoms with Gasteiger partial charge in [0.1, 0.15) is 23.4 Å². The number of nitrogens with one attached hydrogen (secondary N) is 1. The van der Waals surface area contributed by atoms with Crippen LogP contribution in [-0.4, -0.2) is 77.3 Å². The van der Waals surface area contributed by atoms with Crippen LogP contribution < -0.4 is 10.2 Å². The predicted molar refractivity (Wildman–Crippen MR) is 122 cm³/mol. The van der Waals surface area contributed by atoms with E-state index in [9.17, 15) is 19.8 Å². The van der Waals surface area contributed by atoms with Gasteiger partial charge in [0.25, 0.3) is 0 Å². The standard InChI is InChI=1S/C23H37N3O6/c1-22(2,3)31-20(29)24-15-18(27)19(28)16-7-9-17(10-8-16)25-11-13-26(14-12-25)21(30)32-23(4,5)6/h7-10,18-19,27-28H,11-15H2,1-6H3,(H,24,29). The van der Waals surface area contributed by atoms with Gasteiger partial charge in [-0.3, -0.25) is 0 Å². The number of alkyl carbamates (subject to hydrolysis) is 1. The highest BCUT2D eigenvalue weighted by atomic mass is 16.6. The largest absolute Gasteiger partial charge is 0.444 e. The first kappa shape index (κ1) is 25.7. The zero-order valence-corrected chi connectivity index (χ0v) is 19.9. The fourth-order valence-electron chi connectivity index (χ4n) is 3.19. The molecule has 9 heteroatoms. The Morgan fingerprint density at radius 1 is 0.938 bits per heavy atom. The maximum atomic E-state index is 12.2. The molecule has 1 heterocycles. The molecule has 1 saturated heterocycles. The van der Waals surface area contributed by atoms with Gasteiger partial charge in [0.15, 0.2) is 0 Å². The minimum absolute atomic E-state index is 0.134. The molecule has 0 bridgehead atoms. The Labute approximate surface area is 190 Å². The summed E-state index contributed by atoms with van der Waals surface area (Å²) in [5, 5.41) is 23.1. The van der Waals surface area contributed by atoms with Gasteiger partial charge in [-0.15, -0.1) is 0 Å². The van der Waals surface area contributed by atoms with Crippen molar-refractivity contribution in [2.24, 2.45) is 0 Å². The molecule has 2 rings (SSSR count). The number of aliphatic hydroxyl groups excluding tert-OH is 2. The SMILES string of the molecule is CC(C)(C)OC(=O)NCC(O)C(O)c1ccc(N2CCN(C(=O)OC(C)(C)C)CC2)cc1. The minimum atomic E-state index is -1.18. The van der Waals surface area contributed by atoms with Crippen LogP contribution in [0.4, 0.5) is 15.3 Å². The summed E-state index contributed by atoms with van der Waals surface area (Å²) in [5.41, 5.74) is 0.352. The summed E-state index contributed by atoms with van der Waals surface area (Å²) in [6, 6.07) is 7.24. The molecule has 9 nitrogen and oxygen atoms in total. The molecular weight excluding hydrogens is 414 g/mol. The average molecular weight is 452 g/mol. The maximum absolute atomic E-state index is 12.2. The third-order valence-electron chi connectivity index (χ3n) is 4.75. The van der Waals surface area contributed by atoms with Crippen molar-refractivity contribution in [3.8, 4) is 0 Å². The van der Waals surface area contributed by atoms with E-state index < -0.39 is 29.5 Å². The number of hydrogen-bond donors (Lipinski definition) is 3. The molecule has 2 atom stereocenters. The molecule has 1 aliphatic heterocycles. The third kappa shape index (κ3) is 8.20. The first-order chi connectivity index (χ1) is 14.7.